The number of cyclic esters (lactones) is 1. The van der Waals surface area contributed by atoms with Gasteiger partial charge in [-0.15, -0.1) is 0 Å². The van der Waals surface area contributed by atoms with E-state index >= 15 is 0 Å². The second-order valence-corrected chi connectivity index (χ2v) is 38.0. The summed E-state index contributed by atoms with van der Waals surface area (Å²) in [5.41, 5.74) is 20.2. The number of aliphatic hydroxyl groups excluding tert-OH is 2. The number of fused-ring (bicyclic) bond motifs is 6. The van der Waals surface area contributed by atoms with Gasteiger partial charge in [-0.25, -0.2) is 19.4 Å². The second kappa shape index (κ2) is 51.7. The van der Waals surface area contributed by atoms with Crippen LogP contribution in [-0.4, -0.2) is 307 Å². The summed E-state index contributed by atoms with van der Waals surface area (Å²) in [7, 11) is 4.55. The van der Waals surface area contributed by atoms with Gasteiger partial charge in [0.25, 0.3) is 17.7 Å². The molecule has 1 aliphatic carbocycles. The smallest absolute Gasteiger partial charge is 0.329 e. The van der Waals surface area contributed by atoms with Crippen molar-refractivity contribution in [1.29, 1.82) is 0 Å². The monoisotopic (exact) mass is 1880 g/mol. The minimum Gasteiger partial charge on any atom is -0.460 e. The Labute approximate surface area is 793 Å². The number of carbonyl (C=O) groups excluding carboxylic acids is 7. The number of amides is 3. The third-order valence-corrected chi connectivity index (χ3v) is 28.3. The van der Waals surface area contributed by atoms with Gasteiger partial charge in [-0.1, -0.05) is 89.3 Å². The summed E-state index contributed by atoms with van der Waals surface area (Å²) in [6, 6.07) is 11.3. The normalized spacial score (nSPS) is 28.5. The number of methoxy groups -OCH3 is 3. The third kappa shape index (κ3) is 28.9. The molecule has 34 heteroatoms. The summed E-state index contributed by atoms with van der Waals surface area (Å²) >= 11 is 0. The van der Waals surface area contributed by atoms with Gasteiger partial charge in [0.05, 0.1) is 115 Å². The molecule has 7 N–H and O–H groups in total. The number of piperidine rings is 3. The van der Waals surface area contributed by atoms with Crippen molar-refractivity contribution in [1.82, 2.24) is 44.3 Å². The number of nitrogens with two attached hydrogens (primary N) is 2. The van der Waals surface area contributed by atoms with Crippen LogP contribution in [-0.2, 0) is 110 Å². The number of ether oxygens (including phenoxy) is 12. The Morgan fingerprint density at radius 3 is 2.07 bits per heavy atom. The number of allylic oxidation sites excluding steroid dienone is 5. The number of carbonyl (C=O) groups is 7. The van der Waals surface area contributed by atoms with Crippen molar-refractivity contribution < 1.29 is 110 Å². The van der Waals surface area contributed by atoms with Crippen LogP contribution >= 0.6 is 0 Å². The molecule has 3 amide bonds. The van der Waals surface area contributed by atoms with Crippen LogP contribution in [0.3, 0.4) is 0 Å². The Bertz CT molecular complexity index is 4830. The van der Waals surface area contributed by atoms with Gasteiger partial charge in [0.15, 0.2) is 17.0 Å². The molecule has 2 bridgehead atoms. The number of likely N-dealkylation sites (tertiary alicyclic amines) is 2. The standard InChI is InChI=1S/C101H147N11O23/c1-64-17-12-11-13-18-65(2)84(123-8)59-78-26-21-70(7)101(122,135-78)94(118)98(120)111-35-15-14-19-80(111)99(121)133-85(60-81(113)66(3)54-69(6)92(117)93(125-10)91(116)68(5)53-64)67(4)55-71-23-27-83(86(57-71)124-9)132-88(115)20-16-41-126-43-45-128-47-49-130-51-52-131-50-48-129-46-44-127-42-34-87(114)109-39-32-77(33-40-109)108-36-29-73(30-37-108)97(119)110-38-31-74-56-72(22-24-76(74)62-110)61-112-96-89(95(102)104-63-105-96)90(107-112)75-25-28-82-79(58-75)106-100(103)134-82/h11-13,17-18,22,24-25,28,54,56,58,63-64,66-68,70-71,73,77-78,80-81,83-86,92-93,113,117,122H,14-16,19-21,23,26-27,29-53,55,57,59-62H2,1-10H3,(H2,103,106)(H2,102,104,105)/b13-11+,17-12+,65-18+,69-54+/t64-,66-,67-,68-,70-,71+,78+,80+,81-,83-,84+,85+,86-,92-,93+,101-/m1/s1. The van der Waals surface area contributed by atoms with E-state index in [1.165, 1.54) is 23.9 Å². The van der Waals surface area contributed by atoms with E-state index in [4.69, 9.17) is 77.8 Å². The number of benzene rings is 2. The Kier molecular flexibility index (Phi) is 40.2. The highest BCUT2D eigenvalue weighted by molar-refractivity contribution is 6.39. The lowest BCUT2D eigenvalue weighted by atomic mass is 9.78. The SMILES string of the molecule is CO[C@H]1C[C@@H]2CC[C@@H](C)[C@@](O)(O2)C(=O)C(=O)N2CCCC[C@H]2C(=O)O[C@H]([C@H](C)C[C@@H]2CC[C@@H](OC(=O)CCCOCCOCCOCCOCCOCCOCCC(=O)N3CCC(N4CCC(C(=O)N5CCc6cc(Cn7nc(-c8ccc9oc(N)nc9c8)c8c(N)ncnc87)ccc6C5)CC4)CC3)[C@H](OC)C2)C[C@@H](O)[C@H](C)/C=C(\C)[C@@H](O)[C@@H](OC)C(=O)[C@H](C)C[C@H](C)/C=C/C=C/C=C/1C. The number of esters is 2. The Morgan fingerprint density at radius 2 is 1.38 bits per heavy atom. The number of aliphatic hydroxyl groups is 3. The summed E-state index contributed by atoms with van der Waals surface area (Å²) < 4.78 is 77.8. The van der Waals surface area contributed by atoms with Crippen molar-refractivity contribution in [3.63, 3.8) is 0 Å². The van der Waals surface area contributed by atoms with Gasteiger partial charge in [0.1, 0.15) is 53.8 Å². The summed E-state index contributed by atoms with van der Waals surface area (Å²) in [6.45, 7) is 22.2. The van der Waals surface area contributed by atoms with E-state index in [0.717, 1.165) is 67.5 Å². The van der Waals surface area contributed by atoms with Gasteiger partial charge >= 0.3 is 11.9 Å². The first-order chi connectivity index (χ1) is 65.1. The Hall–Kier alpha value is -8.85. The van der Waals surface area contributed by atoms with Gasteiger partial charge in [-0.3, -0.25) is 28.8 Å². The number of hydrogen-bond acceptors (Lipinski definition) is 30. The van der Waals surface area contributed by atoms with Gasteiger partial charge in [-0.05, 0) is 193 Å². The molecule has 5 fully saturated rings. The van der Waals surface area contributed by atoms with Crippen LogP contribution in [0, 0.1) is 41.4 Å². The second-order valence-electron chi connectivity index (χ2n) is 38.0. The lowest BCUT2D eigenvalue weighted by Crippen LogP contribution is -2.61. The van der Waals surface area contributed by atoms with Crippen molar-refractivity contribution in [3.8, 4) is 11.3 Å². The molecule has 2 aromatic carbocycles. The zero-order valence-electron chi connectivity index (χ0n) is 80.8. The number of oxazole rings is 1. The minimum atomic E-state index is -2.47. The minimum absolute atomic E-state index is 0.00263. The molecule has 5 aromatic rings. The number of nitrogens with zero attached hydrogens (tertiary/aromatic N) is 9. The quantitative estimate of drug-likeness (QED) is 0.0111. The molecule has 6 aliphatic heterocycles. The summed E-state index contributed by atoms with van der Waals surface area (Å²) in [6.07, 6.45) is 16.4. The number of rotatable bonds is 34. The lowest BCUT2D eigenvalue weighted by Gasteiger charge is -2.43. The summed E-state index contributed by atoms with van der Waals surface area (Å²) in [5, 5.41) is 41.6. The first-order valence-electron chi connectivity index (χ1n) is 49.0. The van der Waals surface area contributed by atoms with Crippen molar-refractivity contribution in [3.05, 3.63) is 107 Å². The Balaban J connectivity index is 0.482. The molecule has 7 aliphatic rings. The number of hydrogen-bond donors (Lipinski definition) is 5. The van der Waals surface area contributed by atoms with Gasteiger partial charge in [-0.2, -0.15) is 10.1 Å². The van der Waals surface area contributed by atoms with Crippen LogP contribution in [0.4, 0.5) is 11.8 Å². The number of nitrogen functional groups attached to an aromatic ring is 2. The van der Waals surface area contributed by atoms with Crippen molar-refractivity contribution in [2.75, 3.05) is 151 Å². The fourth-order valence-electron chi connectivity index (χ4n) is 20.2. The molecule has 0 unspecified atom stereocenters. The number of ketones is 2. The molecule has 12 rings (SSSR count). The molecule has 0 spiro atoms. The molecule has 34 nitrogen and oxygen atoms in total. The zero-order chi connectivity index (χ0) is 96.2. The molecule has 1 saturated carbocycles. The van der Waals surface area contributed by atoms with Crippen molar-refractivity contribution in [2.45, 2.75) is 257 Å². The van der Waals surface area contributed by atoms with Crippen LogP contribution in [0.5, 0.6) is 0 Å². The number of anilines is 2. The van der Waals surface area contributed by atoms with Crippen molar-refractivity contribution in [2.24, 2.45) is 41.4 Å². The molecule has 9 heterocycles. The highest BCUT2D eigenvalue weighted by Crippen LogP contribution is 2.41. The van der Waals surface area contributed by atoms with E-state index in [0.29, 0.717) is 234 Å². The maximum absolute atomic E-state index is 14.8. The molecular formula is C101H147N11O23. The Morgan fingerprint density at radius 1 is 0.674 bits per heavy atom. The zero-order valence-corrected chi connectivity index (χ0v) is 80.8. The average Bonchev–Trinajstić information content (AvgIpc) is 1.44. The first kappa shape index (κ1) is 105. The van der Waals surface area contributed by atoms with Crippen LogP contribution in [0.1, 0.15) is 187 Å². The van der Waals surface area contributed by atoms with E-state index in [2.05, 4.69) is 38.1 Å². The predicted molar refractivity (Wildman–Crippen MR) is 504 cm³/mol. The highest BCUT2D eigenvalue weighted by atomic mass is 16.6. The van der Waals surface area contributed by atoms with E-state index in [1.54, 1.807) is 41.1 Å². The van der Waals surface area contributed by atoms with Crippen LogP contribution in [0.2, 0.25) is 0 Å². The molecule has 3 aromatic heterocycles. The molecule has 135 heavy (non-hydrogen) atoms. The first-order valence-corrected chi connectivity index (χ1v) is 49.0. The van der Waals surface area contributed by atoms with Crippen LogP contribution in [0.25, 0.3) is 33.4 Å². The molecule has 4 saturated heterocycles. The number of aromatic nitrogens is 5. The van der Waals surface area contributed by atoms with Gasteiger partial charge in [0, 0.05) is 115 Å². The summed E-state index contributed by atoms with van der Waals surface area (Å²) in [4.78, 5) is 119. The predicted octanol–water partition coefficient (Wildman–Crippen LogP) is 10.2. The average molecular weight is 1880 g/mol. The molecule has 0 radical (unpaired) electrons. The maximum atomic E-state index is 14.8. The van der Waals surface area contributed by atoms with Crippen molar-refractivity contribution >= 4 is 75.2 Å². The fourth-order valence-corrected chi connectivity index (χ4v) is 20.2. The fraction of sp³-hybridized carbons (Fsp3) is 0.673. The van der Waals surface area contributed by atoms with Crippen LogP contribution in [0.15, 0.2) is 94.7 Å². The van der Waals surface area contributed by atoms with E-state index in [9.17, 15) is 48.9 Å². The van der Waals surface area contributed by atoms with E-state index < -0.39 is 96.1 Å². The molecular weight excluding hydrogens is 1740 g/mol. The van der Waals surface area contributed by atoms with Gasteiger partial charge in [0.2, 0.25) is 17.6 Å². The number of Topliss-reactive ketones (excluding diaryl/α,β-unsaturated/α-hetero) is 2. The van der Waals surface area contributed by atoms with Crippen LogP contribution < -0.4 is 11.5 Å². The molecule has 744 valence electrons. The maximum Gasteiger partial charge on any atom is 0.329 e. The van der Waals surface area contributed by atoms with E-state index in [-0.39, 0.29) is 79.1 Å². The largest absolute Gasteiger partial charge is 0.460 e. The topological polar surface area (TPSA) is 426 Å². The lowest BCUT2D eigenvalue weighted by molar-refractivity contribution is -0.265. The highest BCUT2D eigenvalue weighted by Gasteiger charge is 2.54. The van der Waals surface area contributed by atoms with Gasteiger partial charge < -0.3 is 108 Å². The van der Waals surface area contributed by atoms with E-state index in [1.807, 2.05) is 90.8 Å². The molecule has 16 atom stereocenters. The third-order valence-electron chi connectivity index (χ3n) is 28.3. The summed E-state index contributed by atoms with van der Waals surface area (Å²) in [5.74, 6) is -7.56.